The summed E-state index contributed by atoms with van der Waals surface area (Å²) in [4.78, 5) is 6.87. The average molecular weight is 323 g/mol. The molecule has 1 atom stereocenters. The van der Waals surface area contributed by atoms with E-state index in [9.17, 15) is 0 Å². The van der Waals surface area contributed by atoms with Crippen molar-refractivity contribution in [2.24, 2.45) is 5.41 Å². The third kappa shape index (κ3) is 3.60. The molecule has 24 heavy (non-hydrogen) atoms. The molecule has 0 radical (unpaired) electrons. The van der Waals surface area contributed by atoms with Crippen molar-refractivity contribution in [3.8, 4) is 5.75 Å². The lowest BCUT2D eigenvalue weighted by atomic mass is 9.86. The number of hydrogen-bond donors (Lipinski definition) is 1. The van der Waals surface area contributed by atoms with Crippen LogP contribution in [-0.2, 0) is 13.2 Å². The molecule has 0 aliphatic carbocycles. The van der Waals surface area contributed by atoms with Gasteiger partial charge in [-0.3, -0.25) is 9.88 Å². The number of hydrogen-bond acceptors (Lipinski definition) is 4. The lowest BCUT2D eigenvalue weighted by Crippen LogP contribution is -2.28. The SMILES string of the molecule is c1ccc(COc2ccc(CN3CCC4(CCNC4)C3)cc2)nc1. The van der Waals surface area contributed by atoms with E-state index in [0.29, 0.717) is 12.0 Å². The van der Waals surface area contributed by atoms with Crippen LogP contribution in [0.4, 0.5) is 0 Å². The molecule has 126 valence electrons. The summed E-state index contributed by atoms with van der Waals surface area (Å²) in [7, 11) is 0. The summed E-state index contributed by atoms with van der Waals surface area (Å²) in [5.41, 5.74) is 2.86. The van der Waals surface area contributed by atoms with E-state index in [1.807, 2.05) is 18.2 Å². The van der Waals surface area contributed by atoms with Gasteiger partial charge in [-0.05, 0) is 61.2 Å². The van der Waals surface area contributed by atoms with Crippen LogP contribution in [0.5, 0.6) is 5.75 Å². The Labute approximate surface area is 143 Å². The van der Waals surface area contributed by atoms with E-state index in [4.69, 9.17) is 4.74 Å². The quantitative estimate of drug-likeness (QED) is 0.918. The van der Waals surface area contributed by atoms with E-state index in [1.165, 1.54) is 44.6 Å². The zero-order chi connectivity index (χ0) is 16.2. The molecule has 1 aromatic heterocycles. The van der Waals surface area contributed by atoms with Crippen molar-refractivity contribution in [1.29, 1.82) is 0 Å². The number of rotatable bonds is 5. The Hall–Kier alpha value is -1.91. The highest BCUT2D eigenvalue weighted by Gasteiger charge is 2.39. The molecular formula is C20H25N3O. The number of nitrogens with one attached hydrogen (secondary N) is 1. The standard InChI is InChI=1S/C20H25N3O/c1-2-10-22-18(3-1)14-24-19-6-4-17(5-7-19)13-23-12-9-20(16-23)8-11-21-15-20/h1-7,10,21H,8-9,11-16H2. The lowest BCUT2D eigenvalue weighted by Gasteiger charge is -2.22. The highest BCUT2D eigenvalue weighted by atomic mass is 16.5. The molecule has 3 heterocycles. The Bertz CT molecular complexity index is 650. The summed E-state index contributed by atoms with van der Waals surface area (Å²) in [5.74, 6) is 0.905. The van der Waals surface area contributed by atoms with Crippen LogP contribution in [0.1, 0.15) is 24.1 Å². The second-order valence-electron chi connectivity index (χ2n) is 7.14. The number of pyridine rings is 1. The fourth-order valence-corrected chi connectivity index (χ4v) is 3.90. The van der Waals surface area contributed by atoms with Crippen LogP contribution in [0, 0.1) is 5.41 Å². The van der Waals surface area contributed by atoms with E-state index >= 15 is 0 Å². The molecule has 1 aromatic carbocycles. The summed E-state index contributed by atoms with van der Waals surface area (Å²) in [5, 5.41) is 3.53. The Balaban J connectivity index is 1.30. The Morgan fingerprint density at radius 2 is 2.04 bits per heavy atom. The van der Waals surface area contributed by atoms with Gasteiger partial charge in [-0.15, -0.1) is 0 Å². The largest absolute Gasteiger partial charge is 0.487 e. The zero-order valence-corrected chi connectivity index (χ0v) is 14.1. The second-order valence-corrected chi connectivity index (χ2v) is 7.14. The molecule has 4 heteroatoms. The van der Waals surface area contributed by atoms with E-state index in [0.717, 1.165) is 18.0 Å². The van der Waals surface area contributed by atoms with Crippen LogP contribution in [0.3, 0.4) is 0 Å². The Morgan fingerprint density at radius 1 is 1.12 bits per heavy atom. The van der Waals surface area contributed by atoms with Gasteiger partial charge in [-0.1, -0.05) is 18.2 Å². The van der Waals surface area contributed by atoms with Crippen molar-refractivity contribution < 1.29 is 4.74 Å². The van der Waals surface area contributed by atoms with E-state index < -0.39 is 0 Å². The van der Waals surface area contributed by atoms with Gasteiger partial charge in [-0.25, -0.2) is 0 Å². The molecule has 0 amide bonds. The first-order chi connectivity index (χ1) is 11.8. The van der Waals surface area contributed by atoms with Gasteiger partial charge in [0, 0.05) is 25.8 Å². The topological polar surface area (TPSA) is 37.4 Å². The summed E-state index contributed by atoms with van der Waals surface area (Å²) in [6.07, 6.45) is 4.47. The minimum atomic E-state index is 0.516. The number of ether oxygens (including phenoxy) is 1. The monoisotopic (exact) mass is 323 g/mol. The molecule has 1 unspecified atom stereocenters. The first kappa shape index (κ1) is 15.6. The van der Waals surface area contributed by atoms with E-state index in [1.54, 1.807) is 6.20 Å². The predicted octanol–water partition coefficient (Wildman–Crippen LogP) is 2.85. The van der Waals surface area contributed by atoms with Crippen molar-refractivity contribution in [1.82, 2.24) is 15.2 Å². The molecule has 2 aromatic rings. The molecule has 0 saturated carbocycles. The van der Waals surface area contributed by atoms with Gasteiger partial charge >= 0.3 is 0 Å². The minimum absolute atomic E-state index is 0.516. The predicted molar refractivity (Wildman–Crippen MR) is 94.8 cm³/mol. The van der Waals surface area contributed by atoms with Crippen molar-refractivity contribution in [2.45, 2.75) is 26.0 Å². The molecule has 2 aliphatic heterocycles. The van der Waals surface area contributed by atoms with Crippen molar-refractivity contribution in [3.05, 3.63) is 59.9 Å². The highest BCUT2D eigenvalue weighted by molar-refractivity contribution is 5.27. The van der Waals surface area contributed by atoms with Crippen LogP contribution in [0.2, 0.25) is 0 Å². The third-order valence-corrected chi connectivity index (χ3v) is 5.29. The van der Waals surface area contributed by atoms with Gasteiger partial charge < -0.3 is 10.1 Å². The van der Waals surface area contributed by atoms with Crippen molar-refractivity contribution in [2.75, 3.05) is 26.2 Å². The molecule has 4 nitrogen and oxygen atoms in total. The lowest BCUT2D eigenvalue weighted by molar-refractivity contribution is 0.268. The van der Waals surface area contributed by atoms with Gasteiger partial charge in [0.05, 0.1) is 5.69 Å². The fourth-order valence-electron chi connectivity index (χ4n) is 3.90. The zero-order valence-electron chi connectivity index (χ0n) is 14.1. The van der Waals surface area contributed by atoms with Gasteiger partial charge in [0.15, 0.2) is 0 Å². The molecule has 0 bridgehead atoms. The number of benzene rings is 1. The third-order valence-electron chi connectivity index (χ3n) is 5.29. The van der Waals surface area contributed by atoms with Crippen LogP contribution >= 0.6 is 0 Å². The van der Waals surface area contributed by atoms with Gasteiger partial charge in [0.25, 0.3) is 0 Å². The molecular weight excluding hydrogens is 298 g/mol. The number of likely N-dealkylation sites (tertiary alicyclic amines) is 1. The van der Waals surface area contributed by atoms with Crippen molar-refractivity contribution >= 4 is 0 Å². The van der Waals surface area contributed by atoms with E-state index in [2.05, 4.69) is 39.5 Å². The van der Waals surface area contributed by atoms with Gasteiger partial charge in [0.1, 0.15) is 12.4 Å². The summed E-state index contributed by atoms with van der Waals surface area (Å²) in [6, 6.07) is 14.4. The van der Waals surface area contributed by atoms with Crippen LogP contribution in [0.25, 0.3) is 0 Å². The fraction of sp³-hybridized carbons (Fsp3) is 0.450. The summed E-state index contributed by atoms with van der Waals surface area (Å²) in [6.45, 7) is 6.40. The number of aromatic nitrogens is 1. The van der Waals surface area contributed by atoms with Crippen LogP contribution in [0.15, 0.2) is 48.7 Å². The number of nitrogens with zero attached hydrogens (tertiary/aromatic N) is 2. The molecule has 1 N–H and O–H groups in total. The van der Waals surface area contributed by atoms with Crippen molar-refractivity contribution in [3.63, 3.8) is 0 Å². The van der Waals surface area contributed by atoms with E-state index in [-0.39, 0.29) is 0 Å². The first-order valence-corrected chi connectivity index (χ1v) is 8.86. The molecule has 2 fully saturated rings. The average Bonchev–Trinajstić information content (AvgIpc) is 3.25. The van der Waals surface area contributed by atoms with Crippen LogP contribution in [-0.4, -0.2) is 36.1 Å². The molecule has 4 rings (SSSR count). The maximum Gasteiger partial charge on any atom is 0.130 e. The molecule has 2 aliphatic rings. The van der Waals surface area contributed by atoms with Gasteiger partial charge in [-0.2, -0.15) is 0 Å². The second kappa shape index (κ2) is 6.91. The maximum atomic E-state index is 5.81. The smallest absolute Gasteiger partial charge is 0.130 e. The molecule has 1 spiro atoms. The normalized spacial score (nSPS) is 23.8. The summed E-state index contributed by atoms with van der Waals surface area (Å²) >= 11 is 0. The van der Waals surface area contributed by atoms with Crippen LogP contribution < -0.4 is 10.1 Å². The Morgan fingerprint density at radius 3 is 2.79 bits per heavy atom. The summed E-state index contributed by atoms with van der Waals surface area (Å²) < 4.78 is 5.81. The Kier molecular flexibility index (Phi) is 4.50. The first-order valence-electron chi connectivity index (χ1n) is 8.86. The van der Waals surface area contributed by atoms with Gasteiger partial charge in [0.2, 0.25) is 0 Å². The minimum Gasteiger partial charge on any atom is -0.487 e. The highest BCUT2D eigenvalue weighted by Crippen LogP contribution is 2.36. The molecule has 2 saturated heterocycles. The maximum absolute atomic E-state index is 5.81.